The summed E-state index contributed by atoms with van der Waals surface area (Å²) in [5.74, 6) is 0. The van der Waals surface area contributed by atoms with E-state index in [0.717, 1.165) is 0 Å². The van der Waals surface area contributed by atoms with Crippen LogP contribution < -0.4 is 0 Å². The molecule has 0 aromatic rings. The molecule has 6 heteroatoms. The molecule has 1 radical (unpaired) electrons. The molecule has 0 aliphatic rings. The predicted octanol–water partition coefficient (Wildman–Crippen LogP) is -1.62. The number of rotatable bonds is 0. The Morgan fingerprint density at radius 3 is 1.33 bits per heavy atom. The fourth-order valence-electron chi connectivity index (χ4n) is 0. The molecule has 6 heavy (non-hydrogen) atoms. The van der Waals surface area contributed by atoms with Crippen LogP contribution in [0.4, 0.5) is 0 Å². The van der Waals surface area contributed by atoms with Gasteiger partial charge in [0.1, 0.15) is 0 Å². The van der Waals surface area contributed by atoms with E-state index < -0.39 is 9.17 Å². The topological polar surface area (TPSA) is 57.5 Å². The largest absolute Gasteiger partial charge is 0.761 e. The van der Waals surface area contributed by atoms with Gasteiger partial charge in [-0.1, -0.05) is 0 Å². The van der Waals surface area contributed by atoms with Crippen molar-refractivity contribution in [3.05, 3.63) is 0 Å². The van der Waals surface area contributed by atoms with Crippen molar-refractivity contribution < 1.29 is 86.7 Å². The van der Waals surface area contributed by atoms with Gasteiger partial charge in [-0.25, -0.2) is 0 Å². The zero-order valence-corrected chi connectivity index (χ0v) is 8.84. The molecule has 0 bridgehead atoms. The first kappa shape index (κ1) is 15.7. The summed E-state index contributed by atoms with van der Waals surface area (Å²) in [6, 6.07) is 0. The molecular formula is H2GdO3SiY. The minimum absolute atomic E-state index is 0. The minimum Gasteiger partial charge on any atom is -0.511 e. The van der Waals surface area contributed by atoms with E-state index in [1.807, 2.05) is 0 Å². The van der Waals surface area contributed by atoms with Crippen LogP contribution in [-0.2, 0) is 37.2 Å². The summed E-state index contributed by atoms with van der Waals surface area (Å²) in [4.78, 5) is 14.3. The first-order valence-electron chi connectivity index (χ1n) is 0.651. The van der Waals surface area contributed by atoms with Gasteiger partial charge in [0, 0.05) is 72.6 Å². The van der Waals surface area contributed by atoms with Gasteiger partial charge < -0.3 is 9.59 Å². The van der Waals surface area contributed by atoms with Crippen molar-refractivity contribution in [2.45, 2.75) is 0 Å². The van der Waals surface area contributed by atoms with Gasteiger partial charge in [0.2, 0.25) is 0 Å². The average Bonchev–Trinajstić information content (AvgIpc) is 0.811. The van der Waals surface area contributed by atoms with Gasteiger partial charge in [0.05, 0.1) is 0 Å². The molecule has 0 aromatic heterocycles. The summed E-state index contributed by atoms with van der Waals surface area (Å²) in [7, 11) is -3.13. The van der Waals surface area contributed by atoms with E-state index in [1.165, 1.54) is 0 Å². The molecule has 0 saturated carbocycles. The SMILES string of the molecule is O=[Si](O)O.[Gd].[Y]. The first-order chi connectivity index (χ1) is 1.73. The Morgan fingerprint density at radius 2 is 1.33 bits per heavy atom. The van der Waals surface area contributed by atoms with Crippen LogP contribution in [0.5, 0.6) is 0 Å². The summed E-state index contributed by atoms with van der Waals surface area (Å²) >= 11 is 0. The molecule has 0 spiro atoms. The van der Waals surface area contributed by atoms with Crippen LogP contribution in [0.2, 0.25) is 0 Å². The van der Waals surface area contributed by atoms with Crippen molar-refractivity contribution >= 4 is 9.17 Å². The summed E-state index contributed by atoms with van der Waals surface area (Å²) in [6.45, 7) is 0. The van der Waals surface area contributed by atoms with Crippen molar-refractivity contribution in [1.82, 2.24) is 0 Å². The van der Waals surface area contributed by atoms with E-state index in [4.69, 9.17) is 14.1 Å². The molecule has 0 rings (SSSR count). The Morgan fingerprint density at radius 1 is 1.33 bits per heavy atom. The van der Waals surface area contributed by atoms with Crippen LogP contribution in [0, 0.1) is 39.9 Å². The average molecular weight is 324 g/mol. The Bertz CT molecular complexity index is 33.8. The van der Waals surface area contributed by atoms with E-state index in [9.17, 15) is 0 Å². The standard InChI is InChI=1S/Gd.H2O3Si.Y/c;1-4(2)3;/h;1-2H;. The van der Waals surface area contributed by atoms with Crippen LogP contribution >= 0.6 is 0 Å². The predicted molar refractivity (Wildman–Crippen MR) is 10.9 cm³/mol. The summed E-state index contributed by atoms with van der Waals surface area (Å²) < 4.78 is 8.74. The van der Waals surface area contributed by atoms with Crippen LogP contribution in [-0.4, -0.2) is 18.8 Å². The van der Waals surface area contributed by atoms with Crippen molar-refractivity contribution in [2.75, 3.05) is 0 Å². The van der Waals surface area contributed by atoms with Crippen molar-refractivity contribution in [3.63, 3.8) is 0 Å². The molecule has 0 unspecified atom stereocenters. The molecular weight excluding hydrogens is 322 g/mol. The number of hydrogen-bond acceptors (Lipinski definition) is 1. The quantitative estimate of drug-likeness (QED) is 0.527. The maximum Gasteiger partial charge on any atom is 0.761 e. The zero-order valence-electron chi connectivity index (χ0n) is 2.73. The molecule has 0 heterocycles. The van der Waals surface area contributed by atoms with Gasteiger partial charge in [-0.2, -0.15) is 0 Å². The second-order valence-electron chi connectivity index (χ2n) is 0.283. The Kier molecular flexibility index (Phi) is 26.4. The van der Waals surface area contributed by atoms with Crippen molar-refractivity contribution in [3.8, 4) is 0 Å². The summed E-state index contributed by atoms with van der Waals surface area (Å²) in [5, 5.41) is 0. The molecule has 3 nitrogen and oxygen atoms in total. The van der Waals surface area contributed by atoms with Crippen LogP contribution in [0.25, 0.3) is 0 Å². The molecule has 0 atom stereocenters. The van der Waals surface area contributed by atoms with Gasteiger partial charge in [0.25, 0.3) is 0 Å². The van der Waals surface area contributed by atoms with Crippen LogP contribution in [0.1, 0.15) is 0 Å². The molecule has 35 valence electrons. The normalized spacial score (nSPS) is 4.00. The summed E-state index contributed by atoms with van der Waals surface area (Å²) in [5.41, 5.74) is 0. The third-order valence-corrected chi connectivity index (χ3v) is 0. The Labute approximate surface area is 94.0 Å². The maximum atomic E-state index is 8.74. The third kappa shape index (κ3) is 36.8. The van der Waals surface area contributed by atoms with Crippen molar-refractivity contribution in [2.24, 2.45) is 0 Å². The van der Waals surface area contributed by atoms with Gasteiger partial charge in [-0.05, 0) is 0 Å². The molecule has 0 aliphatic carbocycles. The molecule has 0 amide bonds. The molecule has 0 aliphatic heterocycles. The van der Waals surface area contributed by atoms with E-state index in [-0.39, 0.29) is 72.6 Å². The first-order valence-corrected chi connectivity index (χ1v) is 1.95. The Balaban J connectivity index is -0.0000000450. The third-order valence-electron chi connectivity index (χ3n) is 0. The smallest absolute Gasteiger partial charge is 0.511 e. The monoisotopic (exact) mass is 325 g/mol. The van der Waals surface area contributed by atoms with E-state index in [2.05, 4.69) is 0 Å². The van der Waals surface area contributed by atoms with Crippen molar-refractivity contribution in [1.29, 1.82) is 0 Å². The molecule has 2 N–H and O–H groups in total. The second kappa shape index (κ2) is 10.1. The minimum atomic E-state index is -3.13. The van der Waals surface area contributed by atoms with E-state index in [0.29, 0.717) is 0 Å². The van der Waals surface area contributed by atoms with Gasteiger partial charge >= 0.3 is 9.17 Å². The number of hydrogen-bond donors (Lipinski definition) is 2. The van der Waals surface area contributed by atoms with E-state index in [1.54, 1.807) is 0 Å². The molecule has 0 fully saturated rings. The van der Waals surface area contributed by atoms with Gasteiger partial charge in [-0.15, -0.1) is 0 Å². The Hall–Kier alpha value is 2.05. The second-order valence-corrected chi connectivity index (χ2v) is 0.848. The van der Waals surface area contributed by atoms with Gasteiger partial charge in [0.15, 0.2) is 0 Å². The summed E-state index contributed by atoms with van der Waals surface area (Å²) in [6.07, 6.45) is 0. The van der Waals surface area contributed by atoms with Crippen LogP contribution in [0.15, 0.2) is 0 Å². The fourth-order valence-corrected chi connectivity index (χ4v) is 0. The fraction of sp³-hybridized carbons (Fsp3) is 0. The molecule has 0 saturated heterocycles. The molecule has 0 aromatic carbocycles. The van der Waals surface area contributed by atoms with E-state index >= 15 is 0 Å². The maximum absolute atomic E-state index is 8.74. The van der Waals surface area contributed by atoms with Crippen LogP contribution in [0.3, 0.4) is 0 Å². The van der Waals surface area contributed by atoms with Gasteiger partial charge in [-0.3, -0.25) is 4.46 Å². The zero-order chi connectivity index (χ0) is 3.58.